The molecule has 0 heterocycles. The third kappa shape index (κ3) is 5.33. The molecule has 0 aromatic rings. The van der Waals surface area contributed by atoms with Gasteiger partial charge in [0.2, 0.25) is 0 Å². The summed E-state index contributed by atoms with van der Waals surface area (Å²) in [5.74, 6) is 0.513. The minimum absolute atomic E-state index is 0.0217. The van der Waals surface area contributed by atoms with Gasteiger partial charge in [0.1, 0.15) is 6.61 Å². The standard InChI is InChI=1S/C12H23O4P/c1-12(2,10-6-4-3-5-7-10)8-11(13)9-16-17(14)15/h10,17H,3-9H2,1-2H3,(H,14,15). The lowest BCUT2D eigenvalue weighted by Gasteiger charge is -2.36. The second-order valence-corrected chi connectivity index (χ2v) is 6.41. The van der Waals surface area contributed by atoms with Gasteiger partial charge < -0.3 is 9.42 Å². The first-order valence-electron chi connectivity index (χ1n) is 6.29. The van der Waals surface area contributed by atoms with Crippen molar-refractivity contribution >= 4 is 14.0 Å². The van der Waals surface area contributed by atoms with Gasteiger partial charge in [-0.1, -0.05) is 33.1 Å². The number of carbonyl (C=O) groups excluding carboxylic acids is 1. The van der Waals surface area contributed by atoms with E-state index in [2.05, 4.69) is 18.4 Å². The summed E-state index contributed by atoms with van der Waals surface area (Å²) < 4.78 is 14.9. The van der Waals surface area contributed by atoms with Crippen molar-refractivity contribution in [2.24, 2.45) is 11.3 Å². The molecule has 0 spiro atoms. The second kappa shape index (κ2) is 6.67. The van der Waals surface area contributed by atoms with E-state index in [1.807, 2.05) is 0 Å². The largest absolute Gasteiger partial charge is 0.326 e. The van der Waals surface area contributed by atoms with Crippen LogP contribution in [-0.4, -0.2) is 17.3 Å². The number of Topliss-reactive ketones (excluding diaryl/α,β-unsaturated/α-hetero) is 1. The Morgan fingerprint density at radius 1 is 1.35 bits per heavy atom. The van der Waals surface area contributed by atoms with Crippen LogP contribution >= 0.6 is 8.25 Å². The predicted molar refractivity (Wildman–Crippen MR) is 67.2 cm³/mol. The van der Waals surface area contributed by atoms with Crippen LogP contribution in [0.3, 0.4) is 0 Å². The van der Waals surface area contributed by atoms with Crippen molar-refractivity contribution < 1.29 is 18.8 Å². The zero-order valence-corrected chi connectivity index (χ0v) is 11.7. The summed E-state index contributed by atoms with van der Waals surface area (Å²) in [4.78, 5) is 20.2. The Labute approximate surface area is 104 Å². The molecular weight excluding hydrogens is 239 g/mol. The number of ketones is 1. The highest BCUT2D eigenvalue weighted by Crippen LogP contribution is 2.40. The summed E-state index contributed by atoms with van der Waals surface area (Å²) in [5, 5.41) is 0. The Morgan fingerprint density at radius 2 is 1.94 bits per heavy atom. The van der Waals surface area contributed by atoms with Crippen LogP contribution in [-0.2, 0) is 13.9 Å². The maximum atomic E-state index is 11.6. The van der Waals surface area contributed by atoms with E-state index in [0.717, 1.165) is 0 Å². The fourth-order valence-electron chi connectivity index (χ4n) is 2.73. The molecule has 1 rings (SSSR count). The summed E-state index contributed by atoms with van der Waals surface area (Å²) in [6.07, 6.45) is 6.63. The highest BCUT2D eigenvalue weighted by atomic mass is 31.1. The topological polar surface area (TPSA) is 63.6 Å². The molecule has 0 amide bonds. The molecule has 17 heavy (non-hydrogen) atoms. The molecule has 4 nitrogen and oxygen atoms in total. The van der Waals surface area contributed by atoms with Gasteiger partial charge in [0.25, 0.3) is 0 Å². The number of rotatable bonds is 6. The summed E-state index contributed by atoms with van der Waals surface area (Å²) in [5.41, 5.74) is -0.0217. The molecule has 1 unspecified atom stereocenters. The molecular formula is C12H23O4P. The molecule has 0 radical (unpaired) electrons. The van der Waals surface area contributed by atoms with Gasteiger partial charge in [-0.05, 0) is 24.2 Å². The lowest BCUT2D eigenvalue weighted by molar-refractivity contribution is -0.124. The van der Waals surface area contributed by atoms with Crippen LogP contribution in [0.2, 0.25) is 0 Å². The average Bonchev–Trinajstić information content (AvgIpc) is 2.27. The molecule has 1 fully saturated rings. The predicted octanol–water partition coefficient (Wildman–Crippen LogP) is 2.95. The van der Waals surface area contributed by atoms with Crippen LogP contribution in [0.25, 0.3) is 0 Å². The molecule has 1 saturated carbocycles. The van der Waals surface area contributed by atoms with Gasteiger partial charge in [0.15, 0.2) is 5.78 Å². The molecule has 1 N–H and O–H groups in total. The molecule has 5 heteroatoms. The Kier molecular flexibility index (Phi) is 5.84. The van der Waals surface area contributed by atoms with Gasteiger partial charge in [-0.2, -0.15) is 0 Å². The Morgan fingerprint density at radius 3 is 2.47 bits per heavy atom. The number of hydrogen-bond acceptors (Lipinski definition) is 3. The molecule has 1 atom stereocenters. The average molecular weight is 262 g/mol. The first-order chi connectivity index (χ1) is 7.92. The van der Waals surface area contributed by atoms with Gasteiger partial charge in [0, 0.05) is 6.42 Å². The highest BCUT2D eigenvalue weighted by Gasteiger charge is 2.32. The molecule has 100 valence electrons. The minimum atomic E-state index is -2.98. The van der Waals surface area contributed by atoms with Crippen molar-refractivity contribution in [3.05, 3.63) is 0 Å². The van der Waals surface area contributed by atoms with Crippen LogP contribution in [0.5, 0.6) is 0 Å². The van der Waals surface area contributed by atoms with Crippen LogP contribution in [0.1, 0.15) is 52.4 Å². The smallest absolute Gasteiger partial charge is 0.317 e. The first kappa shape index (κ1) is 14.9. The summed E-state index contributed by atoms with van der Waals surface area (Å²) in [6, 6.07) is 0. The zero-order valence-electron chi connectivity index (χ0n) is 10.7. The number of hydrogen-bond donors (Lipinski definition) is 1. The molecule has 0 aromatic carbocycles. The van der Waals surface area contributed by atoms with E-state index in [4.69, 9.17) is 4.89 Å². The van der Waals surface area contributed by atoms with Crippen molar-refractivity contribution in [2.45, 2.75) is 52.4 Å². The van der Waals surface area contributed by atoms with E-state index in [1.54, 1.807) is 0 Å². The summed E-state index contributed by atoms with van der Waals surface area (Å²) >= 11 is 0. The van der Waals surface area contributed by atoms with Gasteiger partial charge >= 0.3 is 8.25 Å². The third-order valence-corrected chi connectivity index (χ3v) is 4.11. The van der Waals surface area contributed by atoms with Crippen LogP contribution in [0, 0.1) is 11.3 Å². The third-order valence-electron chi connectivity index (χ3n) is 3.72. The van der Waals surface area contributed by atoms with Gasteiger partial charge in [-0.3, -0.25) is 9.36 Å². The fraction of sp³-hybridized carbons (Fsp3) is 0.917. The summed E-state index contributed by atoms with van der Waals surface area (Å²) in [7, 11) is -2.98. The Balaban J connectivity index is 2.41. The normalized spacial score (nSPS) is 20.2. The van der Waals surface area contributed by atoms with Crippen LogP contribution in [0.15, 0.2) is 0 Å². The lowest BCUT2D eigenvalue weighted by atomic mass is 9.69. The van der Waals surface area contributed by atoms with E-state index in [-0.39, 0.29) is 17.8 Å². The molecule has 0 aromatic heterocycles. The monoisotopic (exact) mass is 262 g/mol. The molecule has 0 saturated heterocycles. The maximum Gasteiger partial charge on any atom is 0.317 e. The van der Waals surface area contributed by atoms with Crippen LogP contribution in [0.4, 0.5) is 0 Å². The highest BCUT2D eigenvalue weighted by molar-refractivity contribution is 7.32. The van der Waals surface area contributed by atoms with E-state index in [0.29, 0.717) is 12.3 Å². The lowest BCUT2D eigenvalue weighted by Crippen LogP contribution is -2.29. The van der Waals surface area contributed by atoms with Crippen molar-refractivity contribution in [3.8, 4) is 0 Å². The Bertz CT molecular complexity index is 282. The van der Waals surface area contributed by atoms with E-state index in [9.17, 15) is 9.36 Å². The first-order valence-corrected chi connectivity index (χ1v) is 7.55. The fourth-order valence-corrected chi connectivity index (χ4v) is 3.01. The van der Waals surface area contributed by atoms with Gasteiger partial charge in [-0.15, -0.1) is 0 Å². The van der Waals surface area contributed by atoms with E-state index < -0.39 is 8.25 Å². The SMILES string of the molecule is CC(C)(CC(=O)CO[PH](=O)O)C1CCCCC1. The van der Waals surface area contributed by atoms with Gasteiger partial charge in [-0.25, -0.2) is 0 Å². The number of carbonyl (C=O) groups is 1. The van der Waals surface area contributed by atoms with Crippen molar-refractivity contribution in [2.75, 3.05) is 6.61 Å². The van der Waals surface area contributed by atoms with Crippen molar-refractivity contribution in [1.82, 2.24) is 0 Å². The van der Waals surface area contributed by atoms with E-state index >= 15 is 0 Å². The zero-order chi connectivity index (χ0) is 12.9. The Hall–Kier alpha value is -0.180. The quantitative estimate of drug-likeness (QED) is 0.747. The van der Waals surface area contributed by atoms with E-state index in [1.165, 1.54) is 32.1 Å². The molecule has 1 aliphatic rings. The summed E-state index contributed by atoms with van der Waals surface area (Å²) in [6.45, 7) is 4.00. The maximum absolute atomic E-state index is 11.6. The second-order valence-electron chi connectivity index (χ2n) is 5.59. The van der Waals surface area contributed by atoms with Crippen molar-refractivity contribution in [1.29, 1.82) is 0 Å². The molecule has 0 bridgehead atoms. The van der Waals surface area contributed by atoms with Crippen molar-refractivity contribution in [3.63, 3.8) is 0 Å². The molecule has 0 aliphatic heterocycles. The van der Waals surface area contributed by atoms with Crippen LogP contribution < -0.4 is 0 Å². The van der Waals surface area contributed by atoms with Gasteiger partial charge in [0.05, 0.1) is 0 Å². The minimum Gasteiger partial charge on any atom is -0.326 e. The molecule has 1 aliphatic carbocycles.